The number of aromatic nitrogens is 1. The number of nitrogens with zero attached hydrogens (tertiary/aromatic N) is 2. The summed E-state index contributed by atoms with van der Waals surface area (Å²) in [6, 6.07) is 10.2. The summed E-state index contributed by atoms with van der Waals surface area (Å²) in [6.45, 7) is 8.36. The molecule has 170 valence electrons. The smallest absolute Gasteiger partial charge is 0.344 e. The van der Waals surface area contributed by atoms with Crippen molar-refractivity contribution in [3.63, 3.8) is 0 Å². The van der Waals surface area contributed by atoms with Gasteiger partial charge in [-0.2, -0.15) is 0 Å². The van der Waals surface area contributed by atoms with Crippen LogP contribution in [0.1, 0.15) is 62.9 Å². The zero-order valence-electron chi connectivity index (χ0n) is 18.6. The van der Waals surface area contributed by atoms with E-state index in [4.69, 9.17) is 9.47 Å². The van der Waals surface area contributed by atoms with Crippen LogP contribution in [0.3, 0.4) is 0 Å². The van der Waals surface area contributed by atoms with Crippen molar-refractivity contribution in [1.29, 1.82) is 0 Å². The van der Waals surface area contributed by atoms with E-state index in [9.17, 15) is 9.59 Å². The molecule has 2 unspecified atom stereocenters. The van der Waals surface area contributed by atoms with E-state index in [2.05, 4.69) is 4.90 Å². The standard InChI is InChI=1S/C24H32N2O4.ClH/c1-4-29-12-11-25-18-9-10-19(25)15-20(14-18)30-24(28)21-13-17-7-5-6-8-22(17)26(16(2)3)23(21)27;/h5-8,13,16,18-20H,4,9-12,14-15H2,1-3H3;1H. The molecule has 2 aliphatic heterocycles. The summed E-state index contributed by atoms with van der Waals surface area (Å²) in [5, 5.41) is 0.878. The topological polar surface area (TPSA) is 60.8 Å². The fourth-order valence-electron chi connectivity index (χ4n) is 5.16. The SMILES string of the molecule is CCOCCN1C2CCC1CC(OC(=O)c1cc3ccccc3n(C(C)C)c1=O)C2.Cl. The molecule has 0 aliphatic carbocycles. The van der Waals surface area contributed by atoms with Gasteiger partial charge < -0.3 is 14.0 Å². The molecule has 1 aromatic heterocycles. The predicted octanol–water partition coefficient (Wildman–Crippen LogP) is 4.19. The molecule has 1 aromatic carbocycles. The van der Waals surface area contributed by atoms with Gasteiger partial charge in [0.2, 0.25) is 0 Å². The summed E-state index contributed by atoms with van der Waals surface area (Å²) < 4.78 is 13.1. The number of carbonyl (C=O) groups is 1. The Kier molecular flexibility index (Phi) is 7.78. The molecule has 0 radical (unpaired) electrons. The summed E-state index contributed by atoms with van der Waals surface area (Å²) in [5.41, 5.74) is 0.703. The summed E-state index contributed by atoms with van der Waals surface area (Å²) in [6.07, 6.45) is 3.82. The Bertz CT molecular complexity index is 960. The first kappa shape index (κ1) is 23.8. The van der Waals surface area contributed by atoms with Crippen LogP contribution in [0.4, 0.5) is 0 Å². The van der Waals surface area contributed by atoms with Crippen molar-refractivity contribution in [3.8, 4) is 0 Å². The highest BCUT2D eigenvalue weighted by Crippen LogP contribution is 2.36. The number of hydrogen-bond donors (Lipinski definition) is 0. The van der Waals surface area contributed by atoms with E-state index in [-0.39, 0.29) is 35.7 Å². The summed E-state index contributed by atoms with van der Waals surface area (Å²) in [4.78, 5) is 28.6. The van der Waals surface area contributed by atoms with Gasteiger partial charge in [0.1, 0.15) is 11.7 Å². The Morgan fingerprint density at radius 3 is 2.48 bits per heavy atom. The molecule has 0 spiro atoms. The molecule has 2 aromatic rings. The first-order valence-electron chi connectivity index (χ1n) is 11.2. The predicted molar refractivity (Wildman–Crippen MR) is 124 cm³/mol. The highest BCUT2D eigenvalue weighted by molar-refractivity contribution is 5.94. The number of para-hydroxylation sites is 1. The van der Waals surface area contributed by atoms with Crippen LogP contribution in [-0.2, 0) is 9.47 Å². The molecule has 2 fully saturated rings. The highest BCUT2D eigenvalue weighted by atomic mass is 35.5. The van der Waals surface area contributed by atoms with E-state index in [0.29, 0.717) is 12.1 Å². The van der Waals surface area contributed by atoms with E-state index < -0.39 is 5.97 Å². The second-order valence-corrected chi connectivity index (χ2v) is 8.70. The molecule has 3 heterocycles. The van der Waals surface area contributed by atoms with Gasteiger partial charge in [-0.3, -0.25) is 9.69 Å². The maximum absolute atomic E-state index is 13.1. The largest absolute Gasteiger partial charge is 0.459 e. The van der Waals surface area contributed by atoms with Crippen molar-refractivity contribution in [3.05, 3.63) is 46.2 Å². The number of fused-ring (bicyclic) bond motifs is 3. The molecule has 4 rings (SSSR count). The fraction of sp³-hybridized carbons (Fsp3) is 0.583. The van der Waals surface area contributed by atoms with Gasteiger partial charge >= 0.3 is 5.97 Å². The van der Waals surface area contributed by atoms with Crippen molar-refractivity contribution < 1.29 is 14.3 Å². The maximum Gasteiger partial charge on any atom is 0.344 e. The second-order valence-electron chi connectivity index (χ2n) is 8.70. The molecule has 2 bridgehead atoms. The molecular weight excluding hydrogens is 416 g/mol. The zero-order valence-corrected chi connectivity index (χ0v) is 19.4. The van der Waals surface area contributed by atoms with E-state index in [1.165, 1.54) is 0 Å². The number of rotatable bonds is 7. The monoisotopic (exact) mass is 448 g/mol. The summed E-state index contributed by atoms with van der Waals surface area (Å²) in [5.74, 6) is -0.493. The number of esters is 1. The van der Waals surface area contributed by atoms with Crippen molar-refractivity contribution in [1.82, 2.24) is 9.47 Å². The minimum absolute atomic E-state index is 0. The van der Waals surface area contributed by atoms with Gasteiger partial charge in [0.25, 0.3) is 5.56 Å². The molecule has 0 amide bonds. The Labute approximate surface area is 189 Å². The van der Waals surface area contributed by atoms with Gasteiger partial charge in [-0.05, 0) is 51.1 Å². The maximum atomic E-state index is 13.1. The number of piperidine rings is 1. The number of hydrogen-bond acceptors (Lipinski definition) is 5. The third kappa shape index (κ3) is 4.81. The van der Waals surface area contributed by atoms with Crippen LogP contribution in [0.2, 0.25) is 0 Å². The fourth-order valence-corrected chi connectivity index (χ4v) is 5.16. The molecule has 6 nitrogen and oxygen atoms in total. The molecule has 0 saturated carbocycles. The third-order valence-electron chi connectivity index (χ3n) is 6.49. The first-order valence-corrected chi connectivity index (χ1v) is 11.2. The van der Waals surface area contributed by atoms with Crippen LogP contribution in [0.25, 0.3) is 10.9 Å². The second kappa shape index (κ2) is 10.2. The van der Waals surface area contributed by atoms with Crippen molar-refractivity contribution in [2.45, 2.75) is 70.7 Å². The van der Waals surface area contributed by atoms with Crippen molar-refractivity contribution >= 4 is 29.3 Å². The van der Waals surface area contributed by atoms with E-state index in [0.717, 1.165) is 56.3 Å². The Morgan fingerprint density at radius 1 is 1.16 bits per heavy atom. The first-order chi connectivity index (χ1) is 14.5. The number of ether oxygens (including phenoxy) is 2. The van der Waals surface area contributed by atoms with Gasteiger partial charge in [0, 0.05) is 44.1 Å². The molecular formula is C24H33ClN2O4. The van der Waals surface area contributed by atoms with Gasteiger partial charge in [-0.1, -0.05) is 18.2 Å². The van der Waals surface area contributed by atoms with Gasteiger partial charge in [0.15, 0.2) is 0 Å². The summed E-state index contributed by atoms with van der Waals surface area (Å²) in [7, 11) is 0. The van der Waals surface area contributed by atoms with Crippen LogP contribution in [0.5, 0.6) is 0 Å². The normalized spacial score (nSPS) is 23.2. The van der Waals surface area contributed by atoms with Gasteiger partial charge in [-0.25, -0.2) is 4.79 Å². The van der Waals surface area contributed by atoms with Crippen molar-refractivity contribution in [2.75, 3.05) is 19.8 Å². The minimum Gasteiger partial charge on any atom is -0.459 e. The lowest BCUT2D eigenvalue weighted by Gasteiger charge is -2.38. The third-order valence-corrected chi connectivity index (χ3v) is 6.49. The average Bonchev–Trinajstić information content (AvgIpc) is 2.95. The van der Waals surface area contributed by atoms with Crippen LogP contribution < -0.4 is 5.56 Å². The van der Waals surface area contributed by atoms with Crippen molar-refractivity contribution in [2.24, 2.45) is 0 Å². The number of carbonyl (C=O) groups excluding carboxylic acids is 1. The van der Waals surface area contributed by atoms with Gasteiger partial charge in [-0.15, -0.1) is 12.4 Å². The lowest BCUT2D eigenvalue weighted by molar-refractivity contribution is -0.0127. The van der Waals surface area contributed by atoms with E-state index in [1.807, 2.05) is 45.0 Å². The number of benzene rings is 1. The number of pyridine rings is 1. The molecule has 0 N–H and O–H groups in total. The van der Waals surface area contributed by atoms with Crippen LogP contribution in [-0.4, -0.2) is 53.4 Å². The molecule has 31 heavy (non-hydrogen) atoms. The quantitative estimate of drug-likeness (QED) is 0.469. The Morgan fingerprint density at radius 2 is 1.84 bits per heavy atom. The van der Waals surface area contributed by atoms with E-state index >= 15 is 0 Å². The minimum atomic E-state index is -0.493. The summed E-state index contributed by atoms with van der Waals surface area (Å²) >= 11 is 0. The van der Waals surface area contributed by atoms with Gasteiger partial charge in [0.05, 0.1) is 12.1 Å². The molecule has 2 aliphatic rings. The lowest BCUT2D eigenvalue weighted by atomic mass is 9.99. The number of halogens is 1. The van der Waals surface area contributed by atoms with E-state index in [1.54, 1.807) is 10.6 Å². The Hall–Kier alpha value is -1.89. The van der Waals surface area contributed by atoms with Crippen LogP contribution in [0.15, 0.2) is 35.1 Å². The van der Waals surface area contributed by atoms with Crippen LogP contribution >= 0.6 is 12.4 Å². The highest BCUT2D eigenvalue weighted by Gasteiger charge is 2.41. The zero-order chi connectivity index (χ0) is 21.3. The molecule has 2 atom stereocenters. The average molecular weight is 449 g/mol. The molecule has 2 saturated heterocycles. The Balaban J connectivity index is 0.00000272. The molecule has 7 heteroatoms. The lowest BCUT2D eigenvalue weighted by Crippen LogP contribution is -2.47. The van der Waals surface area contributed by atoms with Crippen LogP contribution in [0, 0.1) is 0 Å².